The summed E-state index contributed by atoms with van der Waals surface area (Å²) in [6.07, 6.45) is 4.42. The van der Waals surface area contributed by atoms with Crippen LogP contribution in [0.3, 0.4) is 0 Å². The Morgan fingerprint density at radius 1 is 0.867 bits per heavy atom. The first-order chi connectivity index (χ1) is 14.6. The number of aryl methyl sites for hydroxylation is 1. The number of fused-ring (bicyclic) bond motifs is 1. The molecular formula is C26H26Cl2N2. The second-order valence-corrected chi connectivity index (χ2v) is 8.62. The van der Waals surface area contributed by atoms with Crippen LogP contribution in [0.5, 0.6) is 0 Å². The lowest BCUT2D eigenvalue weighted by molar-refractivity contribution is 0.514. The monoisotopic (exact) mass is 436 g/mol. The number of aromatic nitrogens is 1. The van der Waals surface area contributed by atoms with Crippen molar-refractivity contribution in [2.45, 2.75) is 38.9 Å². The minimum absolute atomic E-state index is 0.435. The minimum atomic E-state index is 0.435. The third kappa shape index (κ3) is 4.89. The second-order valence-electron chi connectivity index (χ2n) is 7.81. The molecule has 1 N–H and O–H groups in total. The van der Waals surface area contributed by atoms with Crippen LogP contribution in [0.1, 0.15) is 30.0 Å². The summed E-state index contributed by atoms with van der Waals surface area (Å²) in [6, 6.07) is 25.3. The fraction of sp³-hybridized carbons (Fsp3) is 0.231. The standard InChI is InChI=1S/C26H26Cl2N2/c1-19(14-15-20-8-3-2-4-9-20)29-16-21-17-30(26-13-6-5-10-22(21)26)18-23-24(27)11-7-12-25(23)28/h2-13,17,19,29H,14-16,18H2,1H3/t19-/m1/s1. The number of hydrogen-bond acceptors (Lipinski definition) is 1. The van der Waals surface area contributed by atoms with Crippen LogP contribution in [-0.4, -0.2) is 10.6 Å². The topological polar surface area (TPSA) is 17.0 Å². The highest BCUT2D eigenvalue weighted by Gasteiger charge is 2.12. The zero-order chi connectivity index (χ0) is 20.9. The number of halogens is 2. The Bertz CT molecular complexity index is 1100. The van der Waals surface area contributed by atoms with E-state index >= 15 is 0 Å². The van der Waals surface area contributed by atoms with Crippen molar-refractivity contribution in [2.24, 2.45) is 0 Å². The lowest BCUT2D eigenvalue weighted by Gasteiger charge is -2.13. The molecule has 3 aromatic carbocycles. The first kappa shape index (κ1) is 21.0. The number of para-hydroxylation sites is 1. The van der Waals surface area contributed by atoms with Gasteiger partial charge in [-0.05, 0) is 49.1 Å². The Hall–Kier alpha value is -2.26. The SMILES string of the molecule is C[C@H](CCc1ccccc1)NCc1cn(Cc2c(Cl)cccc2Cl)c2ccccc12. The molecule has 0 fully saturated rings. The molecule has 0 aliphatic heterocycles. The molecule has 1 heterocycles. The molecule has 4 rings (SSSR count). The normalized spacial score (nSPS) is 12.4. The summed E-state index contributed by atoms with van der Waals surface area (Å²) in [5, 5.41) is 6.37. The molecular weight excluding hydrogens is 411 g/mol. The van der Waals surface area contributed by atoms with E-state index in [1.165, 1.54) is 22.0 Å². The van der Waals surface area contributed by atoms with Crippen molar-refractivity contribution in [3.05, 3.63) is 106 Å². The molecule has 2 nitrogen and oxygen atoms in total. The quantitative estimate of drug-likeness (QED) is 0.311. The highest BCUT2D eigenvalue weighted by Crippen LogP contribution is 2.28. The van der Waals surface area contributed by atoms with Gasteiger partial charge in [-0.2, -0.15) is 0 Å². The minimum Gasteiger partial charge on any atom is -0.343 e. The first-order valence-corrected chi connectivity index (χ1v) is 11.1. The van der Waals surface area contributed by atoms with E-state index in [9.17, 15) is 0 Å². The van der Waals surface area contributed by atoms with E-state index in [1.807, 2.05) is 18.2 Å². The van der Waals surface area contributed by atoms with E-state index in [1.54, 1.807) is 0 Å². The molecule has 154 valence electrons. The van der Waals surface area contributed by atoms with Crippen LogP contribution in [0.4, 0.5) is 0 Å². The van der Waals surface area contributed by atoms with Gasteiger partial charge >= 0.3 is 0 Å². The van der Waals surface area contributed by atoms with Crippen molar-refractivity contribution in [3.63, 3.8) is 0 Å². The zero-order valence-electron chi connectivity index (χ0n) is 17.1. The molecule has 1 atom stereocenters. The highest BCUT2D eigenvalue weighted by molar-refractivity contribution is 6.36. The van der Waals surface area contributed by atoms with Crippen LogP contribution in [0.25, 0.3) is 10.9 Å². The summed E-state index contributed by atoms with van der Waals surface area (Å²) < 4.78 is 2.24. The van der Waals surface area contributed by atoms with Gasteiger partial charge in [0.25, 0.3) is 0 Å². The maximum absolute atomic E-state index is 6.42. The molecule has 0 aliphatic carbocycles. The summed E-state index contributed by atoms with van der Waals surface area (Å²) in [5.41, 5.74) is 4.83. The molecule has 0 radical (unpaired) electrons. The van der Waals surface area contributed by atoms with Crippen LogP contribution < -0.4 is 5.32 Å². The Morgan fingerprint density at radius 3 is 2.33 bits per heavy atom. The molecule has 0 spiro atoms. The van der Waals surface area contributed by atoms with Gasteiger partial charge in [-0.3, -0.25) is 0 Å². The maximum atomic E-state index is 6.42. The van der Waals surface area contributed by atoms with Gasteiger partial charge in [0.1, 0.15) is 0 Å². The van der Waals surface area contributed by atoms with Gasteiger partial charge in [-0.1, -0.05) is 77.8 Å². The summed E-state index contributed by atoms with van der Waals surface area (Å²) in [6.45, 7) is 3.74. The molecule has 4 aromatic rings. The lowest BCUT2D eigenvalue weighted by atomic mass is 10.1. The Kier molecular flexibility index (Phi) is 6.79. The lowest BCUT2D eigenvalue weighted by Crippen LogP contribution is -2.25. The average molecular weight is 437 g/mol. The number of hydrogen-bond donors (Lipinski definition) is 1. The number of benzene rings is 3. The van der Waals surface area contributed by atoms with Crippen molar-refractivity contribution in [1.82, 2.24) is 9.88 Å². The van der Waals surface area contributed by atoms with E-state index in [0.717, 1.165) is 24.9 Å². The third-order valence-electron chi connectivity index (χ3n) is 5.61. The molecule has 30 heavy (non-hydrogen) atoms. The molecule has 0 amide bonds. The smallest absolute Gasteiger partial charge is 0.0505 e. The van der Waals surface area contributed by atoms with Gasteiger partial charge in [0.15, 0.2) is 0 Å². The van der Waals surface area contributed by atoms with Crippen molar-refractivity contribution in [2.75, 3.05) is 0 Å². The van der Waals surface area contributed by atoms with E-state index < -0.39 is 0 Å². The predicted molar refractivity (Wildman–Crippen MR) is 129 cm³/mol. The van der Waals surface area contributed by atoms with Crippen LogP contribution in [0, 0.1) is 0 Å². The second kappa shape index (κ2) is 9.70. The first-order valence-electron chi connectivity index (χ1n) is 10.4. The van der Waals surface area contributed by atoms with Crippen LogP contribution >= 0.6 is 23.2 Å². The summed E-state index contributed by atoms with van der Waals surface area (Å²) in [7, 11) is 0. The third-order valence-corrected chi connectivity index (χ3v) is 6.32. The van der Waals surface area contributed by atoms with E-state index in [4.69, 9.17) is 23.2 Å². The van der Waals surface area contributed by atoms with Crippen molar-refractivity contribution < 1.29 is 0 Å². The maximum Gasteiger partial charge on any atom is 0.0505 e. The van der Waals surface area contributed by atoms with Crippen molar-refractivity contribution >= 4 is 34.1 Å². The van der Waals surface area contributed by atoms with E-state index in [0.29, 0.717) is 22.6 Å². The summed E-state index contributed by atoms with van der Waals surface area (Å²) >= 11 is 12.8. The van der Waals surface area contributed by atoms with Gasteiger partial charge in [0.05, 0.1) is 6.54 Å². The largest absolute Gasteiger partial charge is 0.343 e. The number of nitrogens with zero attached hydrogens (tertiary/aromatic N) is 1. The van der Waals surface area contributed by atoms with Gasteiger partial charge in [0.2, 0.25) is 0 Å². The molecule has 1 aromatic heterocycles. The molecule has 4 heteroatoms. The molecule has 0 unspecified atom stereocenters. The highest BCUT2D eigenvalue weighted by atomic mass is 35.5. The van der Waals surface area contributed by atoms with Crippen molar-refractivity contribution in [1.29, 1.82) is 0 Å². The number of nitrogens with one attached hydrogen (secondary N) is 1. The summed E-state index contributed by atoms with van der Waals surface area (Å²) in [5.74, 6) is 0. The van der Waals surface area contributed by atoms with E-state index in [2.05, 4.69) is 77.6 Å². The molecule has 0 saturated heterocycles. The van der Waals surface area contributed by atoms with Gasteiger partial charge in [-0.15, -0.1) is 0 Å². The fourth-order valence-corrected chi connectivity index (χ4v) is 4.38. The van der Waals surface area contributed by atoms with Crippen molar-refractivity contribution in [3.8, 4) is 0 Å². The van der Waals surface area contributed by atoms with Crippen LogP contribution in [0.15, 0.2) is 79.0 Å². The van der Waals surface area contributed by atoms with E-state index in [-0.39, 0.29) is 0 Å². The van der Waals surface area contributed by atoms with Gasteiger partial charge in [-0.25, -0.2) is 0 Å². The molecule has 0 aliphatic rings. The summed E-state index contributed by atoms with van der Waals surface area (Å²) in [4.78, 5) is 0. The Labute approximate surface area is 188 Å². The van der Waals surface area contributed by atoms with Gasteiger partial charge < -0.3 is 9.88 Å². The Morgan fingerprint density at radius 2 is 1.57 bits per heavy atom. The van der Waals surface area contributed by atoms with Crippen LogP contribution in [-0.2, 0) is 19.5 Å². The number of rotatable bonds is 8. The Balaban J connectivity index is 1.48. The predicted octanol–water partition coefficient (Wildman–Crippen LogP) is 7.11. The fourth-order valence-electron chi connectivity index (χ4n) is 3.86. The average Bonchev–Trinajstić information content (AvgIpc) is 3.12. The van der Waals surface area contributed by atoms with Gasteiger partial charge in [0, 0.05) is 45.3 Å². The van der Waals surface area contributed by atoms with Crippen LogP contribution in [0.2, 0.25) is 10.0 Å². The molecule has 0 bridgehead atoms. The zero-order valence-corrected chi connectivity index (χ0v) is 18.6. The molecule has 0 saturated carbocycles.